The van der Waals surface area contributed by atoms with Crippen LogP contribution < -0.4 is 4.74 Å². The Morgan fingerprint density at radius 2 is 1.88 bits per heavy atom. The van der Waals surface area contributed by atoms with Crippen LogP contribution in [0.5, 0.6) is 5.75 Å². The molecule has 3 aromatic rings. The second-order valence-electron chi connectivity index (χ2n) is 7.75. The van der Waals surface area contributed by atoms with Gasteiger partial charge >= 0.3 is 0 Å². The van der Waals surface area contributed by atoms with Crippen LogP contribution >= 0.6 is 22.9 Å². The highest BCUT2D eigenvalue weighted by Gasteiger charge is 2.46. The second kappa shape index (κ2) is 9.18. The number of thiophene rings is 1. The van der Waals surface area contributed by atoms with E-state index in [1.807, 2.05) is 31.4 Å². The average molecular weight is 468 g/mol. The van der Waals surface area contributed by atoms with Crippen LogP contribution in [0.2, 0.25) is 5.02 Å². The zero-order valence-corrected chi connectivity index (χ0v) is 19.2. The van der Waals surface area contributed by atoms with Crippen molar-refractivity contribution in [3.8, 4) is 5.75 Å². The lowest BCUT2D eigenvalue weighted by molar-refractivity contribution is -0.140. The molecule has 164 valence electrons. The van der Waals surface area contributed by atoms with Gasteiger partial charge in [0.15, 0.2) is 0 Å². The number of benzene rings is 2. The van der Waals surface area contributed by atoms with E-state index in [1.54, 1.807) is 48.5 Å². The summed E-state index contributed by atoms with van der Waals surface area (Å²) in [6.07, 6.45) is -0.0437. The van der Waals surface area contributed by atoms with Gasteiger partial charge in [-0.25, -0.2) is 0 Å². The predicted octanol–water partition coefficient (Wildman–Crippen LogP) is 5.81. The number of halogens is 1. The molecule has 0 radical (unpaired) electrons. The van der Waals surface area contributed by atoms with Gasteiger partial charge in [0.1, 0.15) is 11.5 Å². The molecule has 7 heteroatoms. The summed E-state index contributed by atoms with van der Waals surface area (Å²) in [6.45, 7) is 4.08. The number of aliphatic hydroxyl groups excluding tert-OH is 1. The van der Waals surface area contributed by atoms with E-state index in [0.717, 1.165) is 4.88 Å². The molecule has 0 aliphatic carbocycles. The molecule has 1 aliphatic rings. The van der Waals surface area contributed by atoms with E-state index in [0.29, 0.717) is 21.9 Å². The number of ketones is 1. The Bertz CT molecular complexity index is 1170. The van der Waals surface area contributed by atoms with E-state index in [9.17, 15) is 14.7 Å². The Morgan fingerprint density at radius 1 is 1.12 bits per heavy atom. The zero-order valence-electron chi connectivity index (χ0n) is 17.6. The van der Waals surface area contributed by atoms with Crippen molar-refractivity contribution in [2.75, 3.05) is 0 Å². The monoisotopic (exact) mass is 467 g/mol. The molecule has 5 nitrogen and oxygen atoms in total. The summed E-state index contributed by atoms with van der Waals surface area (Å²) in [5.74, 6) is -1.02. The number of likely N-dealkylation sites (tertiary alicyclic amines) is 1. The number of Topliss-reactive ketones (excluding diaryl/α,β-unsaturated/α-hetero) is 1. The molecular formula is C25H22ClNO4S. The average Bonchev–Trinajstić information content (AvgIpc) is 3.36. The fourth-order valence-corrected chi connectivity index (χ4v) is 4.58. The second-order valence-corrected chi connectivity index (χ2v) is 9.22. The number of amides is 1. The third-order valence-corrected chi connectivity index (χ3v) is 6.22. The largest absolute Gasteiger partial charge is 0.507 e. The molecule has 1 N–H and O–H groups in total. The van der Waals surface area contributed by atoms with Gasteiger partial charge in [0.05, 0.1) is 24.3 Å². The molecule has 0 bridgehead atoms. The van der Waals surface area contributed by atoms with Gasteiger partial charge in [-0.05, 0) is 55.1 Å². The Labute approximate surface area is 195 Å². The molecule has 4 rings (SSSR count). The van der Waals surface area contributed by atoms with Crippen molar-refractivity contribution in [1.82, 2.24) is 4.90 Å². The van der Waals surface area contributed by atoms with Gasteiger partial charge in [0.2, 0.25) is 0 Å². The Hall–Kier alpha value is -3.09. The third kappa shape index (κ3) is 4.42. The minimum absolute atomic E-state index is 0.0437. The number of hydrogen-bond donors (Lipinski definition) is 1. The summed E-state index contributed by atoms with van der Waals surface area (Å²) < 4.78 is 5.72. The minimum atomic E-state index is -0.732. The summed E-state index contributed by atoms with van der Waals surface area (Å²) >= 11 is 7.56. The normalized spacial score (nSPS) is 17.9. The van der Waals surface area contributed by atoms with E-state index in [2.05, 4.69) is 0 Å². The van der Waals surface area contributed by atoms with Crippen molar-refractivity contribution in [2.45, 2.75) is 32.5 Å². The molecule has 0 spiro atoms. The number of ether oxygens (including phenoxy) is 1. The standard InChI is InChI=1S/C25H22ClNO4S/c1-15(2)31-19-6-3-5-17(13-19)23(28)21-22(16-8-10-18(26)11-9-16)27(25(30)24(21)29)14-20-7-4-12-32-20/h3-13,15,22,28H,14H2,1-2H3/b23-21-. The lowest BCUT2D eigenvalue weighted by atomic mass is 9.95. The predicted molar refractivity (Wildman–Crippen MR) is 126 cm³/mol. The third-order valence-electron chi connectivity index (χ3n) is 5.11. The van der Waals surface area contributed by atoms with Crippen LogP contribution in [0.15, 0.2) is 71.6 Å². The number of carbonyl (C=O) groups excluding carboxylic acids is 2. The van der Waals surface area contributed by atoms with E-state index < -0.39 is 17.7 Å². The first-order valence-corrected chi connectivity index (χ1v) is 11.4. The number of hydrogen-bond acceptors (Lipinski definition) is 5. The van der Waals surface area contributed by atoms with Crippen molar-refractivity contribution in [1.29, 1.82) is 0 Å². The summed E-state index contributed by atoms with van der Waals surface area (Å²) in [4.78, 5) is 28.6. The summed E-state index contributed by atoms with van der Waals surface area (Å²) in [7, 11) is 0. The molecule has 1 saturated heterocycles. The Morgan fingerprint density at radius 3 is 2.53 bits per heavy atom. The molecule has 1 unspecified atom stereocenters. The van der Waals surface area contributed by atoms with Crippen LogP contribution in [0.1, 0.15) is 35.9 Å². The number of rotatable bonds is 6. The maximum Gasteiger partial charge on any atom is 0.295 e. The van der Waals surface area contributed by atoms with E-state index in [4.69, 9.17) is 16.3 Å². The molecule has 2 aromatic carbocycles. The van der Waals surface area contributed by atoms with Crippen molar-refractivity contribution in [3.63, 3.8) is 0 Å². The highest BCUT2D eigenvalue weighted by atomic mass is 35.5. The van der Waals surface area contributed by atoms with Gasteiger partial charge in [-0.1, -0.05) is 41.9 Å². The first kappa shape index (κ1) is 22.1. The SMILES string of the molecule is CC(C)Oc1cccc(/C(O)=C2/C(=O)C(=O)N(Cc3cccs3)C2c2ccc(Cl)cc2)c1. The van der Waals surface area contributed by atoms with Gasteiger partial charge in [-0.3, -0.25) is 9.59 Å². The fourth-order valence-electron chi connectivity index (χ4n) is 3.75. The quantitative estimate of drug-likeness (QED) is 0.282. The molecule has 1 amide bonds. The van der Waals surface area contributed by atoms with Gasteiger partial charge in [0, 0.05) is 15.5 Å². The van der Waals surface area contributed by atoms with Gasteiger partial charge in [-0.2, -0.15) is 0 Å². The fraction of sp³-hybridized carbons (Fsp3) is 0.200. The van der Waals surface area contributed by atoms with Crippen LogP contribution in [-0.4, -0.2) is 27.8 Å². The maximum absolute atomic E-state index is 13.1. The van der Waals surface area contributed by atoms with Gasteiger partial charge in [0.25, 0.3) is 11.7 Å². The number of aliphatic hydroxyl groups is 1. The lowest BCUT2D eigenvalue weighted by Crippen LogP contribution is -2.28. The van der Waals surface area contributed by atoms with Gasteiger partial charge < -0.3 is 14.7 Å². The molecule has 1 aromatic heterocycles. The van der Waals surface area contributed by atoms with Crippen molar-refractivity contribution in [3.05, 3.63) is 92.6 Å². The molecule has 1 atom stereocenters. The molecule has 1 fully saturated rings. The zero-order chi connectivity index (χ0) is 22.8. The minimum Gasteiger partial charge on any atom is -0.507 e. The van der Waals surface area contributed by atoms with Crippen LogP contribution in [0.3, 0.4) is 0 Å². The van der Waals surface area contributed by atoms with Crippen molar-refractivity contribution in [2.24, 2.45) is 0 Å². The van der Waals surface area contributed by atoms with E-state index in [1.165, 1.54) is 16.2 Å². The smallest absolute Gasteiger partial charge is 0.295 e. The highest BCUT2D eigenvalue weighted by Crippen LogP contribution is 2.41. The first-order chi connectivity index (χ1) is 15.3. The van der Waals surface area contributed by atoms with Crippen LogP contribution in [0.25, 0.3) is 5.76 Å². The van der Waals surface area contributed by atoms with Gasteiger partial charge in [-0.15, -0.1) is 11.3 Å². The van der Waals surface area contributed by atoms with Crippen molar-refractivity contribution >= 4 is 40.4 Å². The van der Waals surface area contributed by atoms with E-state index in [-0.39, 0.29) is 24.0 Å². The summed E-state index contributed by atoms with van der Waals surface area (Å²) in [5, 5.41) is 13.7. The highest BCUT2D eigenvalue weighted by molar-refractivity contribution is 7.09. The molecule has 1 aliphatic heterocycles. The van der Waals surface area contributed by atoms with Crippen LogP contribution in [0.4, 0.5) is 0 Å². The summed E-state index contributed by atoms with van der Waals surface area (Å²) in [5.41, 5.74) is 1.16. The van der Waals surface area contributed by atoms with Crippen LogP contribution in [0, 0.1) is 0 Å². The molecule has 32 heavy (non-hydrogen) atoms. The van der Waals surface area contributed by atoms with Crippen LogP contribution in [-0.2, 0) is 16.1 Å². The number of nitrogens with zero attached hydrogens (tertiary/aromatic N) is 1. The summed E-state index contributed by atoms with van der Waals surface area (Å²) in [6, 6.07) is 16.9. The topological polar surface area (TPSA) is 66.8 Å². The molecule has 0 saturated carbocycles. The van der Waals surface area contributed by atoms with E-state index >= 15 is 0 Å². The lowest BCUT2D eigenvalue weighted by Gasteiger charge is -2.25. The first-order valence-electron chi connectivity index (χ1n) is 10.2. The Balaban J connectivity index is 1.83. The Kier molecular flexibility index (Phi) is 6.35. The maximum atomic E-state index is 13.1. The number of carbonyl (C=O) groups is 2. The van der Waals surface area contributed by atoms with Crippen molar-refractivity contribution < 1.29 is 19.4 Å². The molecule has 2 heterocycles. The molecular weight excluding hydrogens is 446 g/mol.